The van der Waals surface area contributed by atoms with E-state index in [0.717, 1.165) is 6.54 Å². The maximum atomic E-state index is 2.34. The Morgan fingerprint density at radius 3 is 2.22 bits per heavy atom. The van der Waals surface area contributed by atoms with E-state index in [4.69, 9.17) is 0 Å². The Morgan fingerprint density at radius 1 is 0.913 bits per heavy atom. The van der Waals surface area contributed by atoms with Crippen molar-refractivity contribution in [2.24, 2.45) is 0 Å². The molecule has 0 unspecified atom stereocenters. The maximum absolute atomic E-state index is 2.34. The minimum absolute atomic E-state index is 0.214. The molecule has 0 N–H and O–H groups in total. The van der Waals surface area contributed by atoms with Crippen LogP contribution in [0.3, 0.4) is 0 Å². The van der Waals surface area contributed by atoms with Gasteiger partial charge in [-0.1, -0.05) is 65.0 Å². The molecule has 0 atom stereocenters. The largest absolute Gasteiger partial charge is 0.343 e. The first-order valence-corrected chi connectivity index (χ1v) is 8.53. The fraction of sp³-hybridized carbons (Fsp3) is 0.364. The quantitative estimate of drug-likeness (QED) is 0.550. The summed E-state index contributed by atoms with van der Waals surface area (Å²) in [6.07, 6.45) is 2.20. The van der Waals surface area contributed by atoms with Crippen LogP contribution in [0, 0.1) is 0 Å². The zero-order valence-corrected chi connectivity index (χ0v) is 14.9. The molecule has 0 spiro atoms. The molecule has 0 saturated heterocycles. The number of nitrogens with zero attached hydrogens (tertiary/aromatic N) is 1. The molecule has 3 rings (SSSR count). The Bertz CT molecular complexity index is 798. The predicted octanol–water partition coefficient (Wildman–Crippen LogP) is 6.11. The van der Waals surface area contributed by atoms with E-state index in [1.54, 1.807) is 0 Å². The van der Waals surface area contributed by atoms with Gasteiger partial charge < -0.3 is 4.57 Å². The minimum atomic E-state index is 0.214. The van der Waals surface area contributed by atoms with Crippen LogP contribution in [0.4, 0.5) is 0 Å². The molecule has 0 aliphatic rings. The Morgan fingerprint density at radius 2 is 1.61 bits per heavy atom. The van der Waals surface area contributed by atoms with E-state index in [1.807, 2.05) is 0 Å². The van der Waals surface area contributed by atoms with Crippen molar-refractivity contribution in [3.05, 3.63) is 71.4 Å². The summed E-state index contributed by atoms with van der Waals surface area (Å²) in [6.45, 7) is 12.2. The van der Waals surface area contributed by atoms with E-state index < -0.39 is 0 Å². The molecule has 1 nitrogen and oxygen atoms in total. The van der Waals surface area contributed by atoms with Gasteiger partial charge in [0.2, 0.25) is 0 Å². The standard InChI is InChI=1S/C22H27N/c1-16(2)18-8-11-21-19(14-18)12-13-23(21)15-17-6-9-20(10-7-17)22(3,4)5/h6-14,16H,15H2,1-5H3. The first-order valence-electron chi connectivity index (χ1n) is 8.53. The molecule has 23 heavy (non-hydrogen) atoms. The molecule has 0 fully saturated rings. The van der Waals surface area contributed by atoms with Gasteiger partial charge in [-0.3, -0.25) is 0 Å². The fourth-order valence-electron chi connectivity index (χ4n) is 3.02. The van der Waals surface area contributed by atoms with Gasteiger partial charge in [-0.25, -0.2) is 0 Å². The maximum Gasteiger partial charge on any atom is 0.0483 e. The Balaban J connectivity index is 1.87. The van der Waals surface area contributed by atoms with E-state index in [0.29, 0.717) is 5.92 Å². The number of rotatable bonds is 3. The molecule has 120 valence electrons. The molecule has 1 heteroatoms. The average molecular weight is 305 g/mol. The summed E-state index contributed by atoms with van der Waals surface area (Å²) >= 11 is 0. The summed E-state index contributed by atoms with van der Waals surface area (Å²) in [6, 6.07) is 18.1. The van der Waals surface area contributed by atoms with Crippen molar-refractivity contribution in [3.8, 4) is 0 Å². The highest BCUT2D eigenvalue weighted by Crippen LogP contribution is 2.25. The molecular formula is C22H27N. The van der Waals surface area contributed by atoms with Gasteiger partial charge in [0.1, 0.15) is 0 Å². The lowest BCUT2D eigenvalue weighted by molar-refractivity contribution is 0.590. The average Bonchev–Trinajstić information content (AvgIpc) is 2.89. The molecule has 0 amide bonds. The van der Waals surface area contributed by atoms with Crippen LogP contribution < -0.4 is 0 Å². The normalized spacial score (nSPS) is 12.3. The SMILES string of the molecule is CC(C)c1ccc2c(ccn2Cc2ccc(C(C)(C)C)cc2)c1. The van der Waals surface area contributed by atoms with E-state index in [1.165, 1.54) is 27.6 Å². The second kappa shape index (κ2) is 5.88. The lowest BCUT2D eigenvalue weighted by Gasteiger charge is -2.19. The smallest absolute Gasteiger partial charge is 0.0483 e. The lowest BCUT2D eigenvalue weighted by Crippen LogP contribution is -2.10. The van der Waals surface area contributed by atoms with Crippen molar-refractivity contribution in [1.82, 2.24) is 4.57 Å². The second-order valence-corrected chi connectivity index (χ2v) is 7.86. The Hall–Kier alpha value is -2.02. The number of hydrogen-bond acceptors (Lipinski definition) is 0. The van der Waals surface area contributed by atoms with Crippen molar-refractivity contribution >= 4 is 10.9 Å². The Kier molecular flexibility index (Phi) is 4.06. The van der Waals surface area contributed by atoms with Gasteiger partial charge >= 0.3 is 0 Å². The number of aromatic nitrogens is 1. The zero-order chi connectivity index (χ0) is 16.6. The summed E-state index contributed by atoms with van der Waals surface area (Å²) in [5.74, 6) is 0.577. The van der Waals surface area contributed by atoms with Gasteiger partial charge in [0.05, 0.1) is 0 Å². The highest BCUT2D eigenvalue weighted by molar-refractivity contribution is 5.81. The van der Waals surface area contributed by atoms with Gasteiger partial charge in [-0.15, -0.1) is 0 Å². The first-order chi connectivity index (χ1) is 10.8. The molecule has 0 aliphatic heterocycles. The lowest BCUT2D eigenvalue weighted by atomic mass is 9.87. The first kappa shape index (κ1) is 15.9. The van der Waals surface area contributed by atoms with Crippen LogP contribution >= 0.6 is 0 Å². The van der Waals surface area contributed by atoms with Crippen LogP contribution in [-0.4, -0.2) is 4.57 Å². The molecule has 0 aliphatic carbocycles. The minimum Gasteiger partial charge on any atom is -0.343 e. The molecule has 0 radical (unpaired) electrons. The number of benzene rings is 2. The van der Waals surface area contributed by atoms with Crippen LogP contribution in [0.2, 0.25) is 0 Å². The van der Waals surface area contributed by atoms with Gasteiger partial charge in [-0.2, -0.15) is 0 Å². The van der Waals surface area contributed by atoms with Gasteiger partial charge in [0.15, 0.2) is 0 Å². The summed E-state index contributed by atoms with van der Waals surface area (Å²) in [4.78, 5) is 0. The third-order valence-electron chi connectivity index (χ3n) is 4.63. The van der Waals surface area contributed by atoms with Crippen molar-refractivity contribution in [2.75, 3.05) is 0 Å². The summed E-state index contributed by atoms with van der Waals surface area (Å²) in [5.41, 5.74) is 5.68. The van der Waals surface area contributed by atoms with Crippen molar-refractivity contribution < 1.29 is 0 Å². The molecule has 1 aromatic heterocycles. The third-order valence-corrected chi connectivity index (χ3v) is 4.63. The molecule has 1 heterocycles. The van der Waals surface area contributed by atoms with Crippen LogP contribution in [0.25, 0.3) is 10.9 Å². The topological polar surface area (TPSA) is 4.93 Å². The fourth-order valence-corrected chi connectivity index (χ4v) is 3.02. The van der Waals surface area contributed by atoms with Crippen molar-refractivity contribution in [1.29, 1.82) is 0 Å². The second-order valence-electron chi connectivity index (χ2n) is 7.86. The zero-order valence-electron chi connectivity index (χ0n) is 14.9. The van der Waals surface area contributed by atoms with Crippen LogP contribution in [0.1, 0.15) is 57.2 Å². The molecule has 0 saturated carbocycles. The summed E-state index contributed by atoms with van der Waals surface area (Å²) < 4.78 is 2.34. The highest BCUT2D eigenvalue weighted by atomic mass is 14.9. The van der Waals surface area contributed by atoms with E-state index in [-0.39, 0.29) is 5.41 Å². The summed E-state index contributed by atoms with van der Waals surface area (Å²) in [5, 5.41) is 1.34. The molecule has 3 aromatic rings. The van der Waals surface area contributed by atoms with E-state index >= 15 is 0 Å². The summed E-state index contributed by atoms with van der Waals surface area (Å²) in [7, 11) is 0. The predicted molar refractivity (Wildman–Crippen MR) is 100 cm³/mol. The monoisotopic (exact) mass is 305 g/mol. The molecular weight excluding hydrogens is 278 g/mol. The Labute approximate surface area is 140 Å². The van der Waals surface area contributed by atoms with Gasteiger partial charge in [-0.05, 0) is 51.6 Å². The van der Waals surface area contributed by atoms with Crippen LogP contribution in [0.5, 0.6) is 0 Å². The van der Waals surface area contributed by atoms with E-state index in [9.17, 15) is 0 Å². The molecule has 0 bridgehead atoms. The van der Waals surface area contributed by atoms with Crippen molar-refractivity contribution in [2.45, 2.75) is 52.5 Å². The van der Waals surface area contributed by atoms with Crippen molar-refractivity contribution in [3.63, 3.8) is 0 Å². The van der Waals surface area contributed by atoms with E-state index in [2.05, 4.69) is 93.9 Å². The van der Waals surface area contributed by atoms with Gasteiger partial charge in [0, 0.05) is 18.3 Å². The van der Waals surface area contributed by atoms with Crippen LogP contribution in [0.15, 0.2) is 54.7 Å². The molecule has 2 aromatic carbocycles. The van der Waals surface area contributed by atoms with Gasteiger partial charge in [0.25, 0.3) is 0 Å². The number of fused-ring (bicyclic) bond motifs is 1. The number of hydrogen-bond donors (Lipinski definition) is 0. The highest BCUT2D eigenvalue weighted by Gasteiger charge is 2.13. The third kappa shape index (κ3) is 3.34. The van der Waals surface area contributed by atoms with Crippen LogP contribution in [-0.2, 0) is 12.0 Å².